The number of amides is 2. The van der Waals surface area contributed by atoms with Gasteiger partial charge >= 0.3 is 0 Å². The van der Waals surface area contributed by atoms with Gasteiger partial charge in [-0.05, 0) is 55.0 Å². The van der Waals surface area contributed by atoms with Crippen LogP contribution in [0.2, 0.25) is 0 Å². The predicted octanol–water partition coefficient (Wildman–Crippen LogP) is 2.97. The van der Waals surface area contributed by atoms with Crippen LogP contribution in [0, 0.1) is 0 Å². The lowest BCUT2D eigenvalue weighted by atomic mass is 9.91. The molecule has 2 amide bonds. The third-order valence-corrected chi connectivity index (χ3v) is 6.27. The molecular formula is C26H32N2O5. The lowest BCUT2D eigenvalue weighted by molar-refractivity contribution is -0.159. The second kappa shape index (κ2) is 10.8. The number of nitrogens with zero attached hydrogens (tertiary/aromatic N) is 1. The molecule has 2 aliphatic heterocycles. The van der Waals surface area contributed by atoms with Gasteiger partial charge in [-0.2, -0.15) is 0 Å². The zero-order chi connectivity index (χ0) is 23.1. The summed E-state index contributed by atoms with van der Waals surface area (Å²) in [5.74, 6) is 0.612. The number of nitrogens with one attached hydrogen (secondary N) is 1. The van der Waals surface area contributed by atoms with Crippen molar-refractivity contribution >= 4 is 11.8 Å². The molecule has 1 fully saturated rings. The molecule has 2 aromatic carbocycles. The van der Waals surface area contributed by atoms with E-state index in [2.05, 4.69) is 11.4 Å². The number of benzene rings is 2. The molecule has 0 aliphatic carbocycles. The average Bonchev–Trinajstić information content (AvgIpc) is 2.84. The molecule has 176 valence electrons. The number of fused-ring (bicyclic) bond motifs is 1. The van der Waals surface area contributed by atoms with Crippen molar-refractivity contribution in [2.75, 3.05) is 40.0 Å². The highest BCUT2D eigenvalue weighted by Crippen LogP contribution is 2.28. The molecule has 1 N–H and O–H groups in total. The summed E-state index contributed by atoms with van der Waals surface area (Å²) in [6.45, 7) is 2.24. The monoisotopic (exact) mass is 452 g/mol. The Morgan fingerprint density at radius 2 is 2.03 bits per heavy atom. The maximum atomic E-state index is 13.3. The Balaban J connectivity index is 1.49. The van der Waals surface area contributed by atoms with Crippen LogP contribution in [0.4, 0.5) is 0 Å². The minimum Gasteiger partial charge on any atom is -0.491 e. The Morgan fingerprint density at radius 3 is 2.91 bits per heavy atom. The molecule has 0 radical (unpaired) electrons. The van der Waals surface area contributed by atoms with Gasteiger partial charge in [0, 0.05) is 19.2 Å². The van der Waals surface area contributed by atoms with Crippen molar-refractivity contribution in [3.05, 3.63) is 65.2 Å². The molecule has 2 aromatic rings. The fourth-order valence-electron chi connectivity index (χ4n) is 4.57. The first kappa shape index (κ1) is 23.3. The normalized spacial score (nSPS) is 21.8. The summed E-state index contributed by atoms with van der Waals surface area (Å²) in [6, 6.07) is 15.5. The number of carbonyl (C=O) groups is 2. The van der Waals surface area contributed by atoms with Crippen molar-refractivity contribution < 1.29 is 23.8 Å². The number of methoxy groups -OCH3 is 1. The van der Waals surface area contributed by atoms with Crippen LogP contribution in [0.1, 0.15) is 40.7 Å². The molecule has 2 aliphatic rings. The van der Waals surface area contributed by atoms with Gasteiger partial charge < -0.3 is 24.4 Å². The molecule has 0 bridgehead atoms. The highest BCUT2D eigenvalue weighted by atomic mass is 16.5. The number of para-hydroxylation sites is 1. The van der Waals surface area contributed by atoms with Crippen LogP contribution in [-0.4, -0.2) is 62.3 Å². The second-order valence-electron chi connectivity index (χ2n) is 8.62. The number of morpholine rings is 1. The van der Waals surface area contributed by atoms with Gasteiger partial charge in [0.1, 0.15) is 12.4 Å². The van der Waals surface area contributed by atoms with Crippen LogP contribution in [0.25, 0.3) is 0 Å². The van der Waals surface area contributed by atoms with Crippen LogP contribution < -0.4 is 10.1 Å². The fourth-order valence-corrected chi connectivity index (χ4v) is 4.57. The summed E-state index contributed by atoms with van der Waals surface area (Å²) < 4.78 is 17.2. The van der Waals surface area contributed by atoms with Crippen LogP contribution in [-0.2, 0) is 27.3 Å². The summed E-state index contributed by atoms with van der Waals surface area (Å²) in [5.41, 5.74) is 1.67. The molecule has 1 atom stereocenters. The van der Waals surface area contributed by atoms with Gasteiger partial charge in [-0.1, -0.05) is 30.3 Å². The molecule has 33 heavy (non-hydrogen) atoms. The van der Waals surface area contributed by atoms with Gasteiger partial charge in [-0.25, -0.2) is 0 Å². The van der Waals surface area contributed by atoms with Gasteiger partial charge in [-0.15, -0.1) is 0 Å². The summed E-state index contributed by atoms with van der Waals surface area (Å²) >= 11 is 0. The van der Waals surface area contributed by atoms with E-state index in [4.69, 9.17) is 14.2 Å². The molecule has 0 aromatic heterocycles. The van der Waals surface area contributed by atoms with E-state index in [1.807, 2.05) is 36.4 Å². The summed E-state index contributed by atoms with van der Waals surface area (Å²) in [4.78, 5) is 28.3. The number of ether oxygens (including phenoxy) is 3. The quantitative estimate of drug-likeness (QED) is 0.775. The number of hydrogen-bond donors (Lipinski definition) is 1. The first-order chi connectivity index (χ1) is 16.1. The Hall–Kier alpha value is -2.90. The Morgan fingerprint density at radius 1 is 1.15 bits per heavy atom. The van der Waals surface area contributed by atoms with Crippen LogP contribution in [0.15, 0.2) is 48.5 Å². The standard InChI is InChI=1S/C26H32N2O5/c1-31-18-20-7-6-10-22(17-20)24(29)28-14-16-33-26(19-28)12-5-4-9-21-8-2-3-11-23(21)32-15-13-27-25(26)30/h2-3,6-8,10-11,17H,4-5,9,12-16,18-19H2,1H3,(H,27,30). The van der Waals surface area contributed by atoms with Crippen molar-refractivity contribution in [3.63, 3.8) is 0 Å². The van der Waals surface area contributed by atoms with Gasteiger partial charge in [0.15, 0.2) is 5.60 Å². The lowest BCUT2D eigenvalue weighted by Gasteiger charge is -2.42. The van der Waals surface area contributed by atoms with Gasteiger partial charge in [0.25, 0.3) is 11.8 Å². The molecule has 0 saturated carbocycles. The Kier molecular flexibility index (Phi) is 7.62. The molecule has 7 nitrogen and oxygen atoms in total. The first-order valence-corrected chi connectivity index (χ1v) is 11.6. The summed E-state index contributed by atoms with van der Waals surface area (Å²) in [5, 5.41) is 2.97. The lowest BCUT2D eigenvalue weighted by Crippen LogP contribution is -2.61. The molecule has 2 heterocycles. The maximum Gasteiger partial charge on any atom is 0.254 e. The van der Waals surface area contributed by atoms with Crippen molar-refractivity contribution in [1.82, 2.24) is 10.2 Å². The number of aryl methyl sites for hydroxylation is 1. The molecular weight excluding hydrogens is 420 g/mol. The van der Waals surface area contributed by atoms with E-state index in [9.17, 15) is 9.59 Å². The average molecular weight is 453 g/mol. The molecule has 1 spiro atoms. The predicted molar refractivity (Wildman–Crippen MR) is 124 cm³/mol. The minimum atomic E-state index is -1.04. The van der Waals surface area contributed by atoms with Gasteiger partial charge in [-0.3, -0.25) is 9.59 Å². The summed E-state index contributed by atoms with van der Waals surface area (Å²) in [6.07, 6.45) is 3.16. The van der Waals surface area contributed by atoms with Crippen molar-refractivity contribution in [1.29, 1.82) is 0 Å². The largest absolute Gasteiger partial charge is 0.491 e. The zero-order valence-corrected chi connectivity index (χ0v) is 19.2. The summed E-state index contributed by atoms with van der Waals surface area (Å²) in [7, 11) is 1.63. The van der Waals surface area contributed by atoms with Gasteiger partial charge in [0.05, 0.1) is 26.3 Å². The van der Waals surface area contributed by atoms with Crippen LogP contribution >= 0.6 is 0 Å². The second-order valence-corrected chi connectivity index (χ2v) is 8.62. The smallest absolute Gasteiger partial charge is 0.254 e. The van der Waals surface area contributed by atoms with Crippen molar-refractivity contribution in [3.8, 4) is 5.75 Å². The number of rotatable bonds is 3. The number of carbonyl (C=O) groups excluding carboxylic acids is 2. The topological polar surface area (TPSA) is 77.1 Å². The highest BCUT2D eigenvalue weighted by Gasteiger charge is 2.44. The third kappa shape index (κ3) is 5.54. The number of hydrogen-bond acceptors (Lipinski definition) is 5. The zero-order valence-electron chi connectivity index (χ0n) is 19.2. The van der Waals surface area contributed by atoms with E-state index in [0.29, 0.717) is 44.9 Å². The molecule has 1 saturated heterocycles. The van der Waals surface area contributed by atoms with Gasteiger partial charge in [0.2, 0.25) is 0 Å². The van der Waals surface area contributed by atoms with E-state index in [0.717, 1.165) is 30.6 Å². The highest BCUT2D eigenvalue weighted by molar-refractivity contribution is 5.95. The van der Waals surface area contributed by atoms with E-state index in [-0.39, 0.29) is 18.4 Å². The van der Waals surface area contributed by atoms with Crippen LogP contribution in [0.3, 0.4) is 0 Å². The molecule has 1 unspecified atom stereocenters. The third-order valence-electron chi connectivity index (χ3n) is 6.27. The maximum absolute atomic E-state index is 13.3. The molecule has 7 heteroatoms. The first-order valence-electron chi connectivity index (χ1n) is 11.6. The van der Waals surface area contributed by atoms with Crippen LogP contribution in [0.5, 0.6) is 5.75 Å². The Labute approximate surface area is 195 Å². The Bertz CT molecular complexity index is 979. The van der Waals surface area contributed by atoms with E-state index in [1.165, 1.54) is 5.56 Å². The SMILES string of the molecule is COCc1cccc(C(=O)N2CCOC3(CCCCc4ccccc4OCCNC3=O)C2)c1. The fraction of sp³-hybridized carbons (Fsp3) is 0.462. The molecule has 4 rings (SSSR count). The van der Waals surface area contributed by atoms with E-state index >= 15 is 0 Å². The minimum absolute atomic E-state index is 0.0909. The van der Waals surface area contributed by atoms with Crippen molar-refractivity contribution in [2.24, 2.45) is 0 Å². The van der Waals surface area contributed by atoms with E-state index < -0.39 is 5.60 Å². The van der Waals surface area contributed by atoms with E-state index in [1.54, 1.807) is 18.1 Å². The van der Waals surface area contributed by atoms with Crippen molar-refractivity contribution in [2.45, 2.75) is 37.9 Å².